The maximum atomic E-state index is 11.2. The summed E-state index contributed by atoms with van der Waals surface area (Å²) >= 11 is 0. The van der Waals surface area contributed by atoms with E-state index in [0.717, 1.165) is 5.69 Å². The Morgan fingerprint density at radius 2 is 2.42 bits per heavy atom. The van der Waals surface area contributed by atoms with Crippen molar-refractivity contribution in [3.8, 4) is 0 Å². The van der Waals surface area contributed by atoms with Crippen LogP contribution in [-0.4, -0.2) is 24.5 Å². The Morgan fingerprint density at radius 3 is 3.00 bits per heavy atom. The number of carbonyl (C=O) groups excluding carboxylic acids is 1. The SMILES string of the molecule is COCC(=O)c1ccnc(C)c1. The third-order valence-electron chi connectivity index (χ3n) is 1.49. The number of hydrogen-bond acceptors (Lipinski definition) is 3. The number of aryl methyl sites for hydroxylation is 1. The van der Waals surface area contributed by atoms with Crippen molar-refractivity contribution in [3.63, 3.8) is 0 Å². The van der Waals surface area contributed by atoms with Crippen LogP contribution < -0.4 is 0 Å². The van der Waals surface area contributed by atoms with Gasteiger partial charge in [-0.05, 0) is 19.1 Å². The molecule has 64 valence electrons. The number of pyridine rings is 1. The van der Waals surface area contributed by atoms with Gasteiger partial charge in [-0.1, -0.05) is 0 Å². The summed E-state index contributed by atoms with van der Waals surface area (Å²) in [7, 11) is 1.51. The van der Waals surface area contributed by atoms with Gasteiger partial charge in [-0.25, -0.2) is 0 Å². The smallest absolute Gasteiger partial charge is 0.188 e. The lowest BCUT2D eigenvalue weighted by Gasteiger charge is -1.99. The predicted molar refractivity (Wildman–Crippen MR) is 45.2 cm³/mol. The van der Waals surface area contributed by atoms with E-state index in [1.165, 1.54) is 7.11 Å². The topological polar surface area (TPSA) is 39.2 Å². The summed E-state index contributed by atoms with van der Waals surface area (Å²) in [5.74, 6) is -0.0111. The molecular formula is C9H11NO2. The summed E-state index contributed by atoms with van der Waals surface area (Å²) in [6, 6.07) is 3.44. The minimum absolute atomic E-state index is 0.0111. The van der Waals surface area contributed by atoms with Crippen LogP contribution in [0, 0.1) is 6.92 Å². The van der Waals surface area contributed by atoms with E-state index in [2.05, 4.69) is 4.98 Å². The molecule has 0 bridgehead atoms. The minimum Gasteiger partial charge on any atom is -0.377 e. The average Bonchev–Trinajstić information content (AvgIpc) is 2.05. The number of ketones is 1. The molecule has 12 heavy (non-hydrogen) atoms. The highest BCUT2D eigenvalue weighted by Gasteiger charge is 2.04. The molecule has 0 aliphatic rings. The fraction of sp³-hybridized carbons (Fsp3) is 0.333. The van der Waals surface area contributed by atoms with E-state index in [9.17, 15) is 4.79 Å². The van der Waals surface area contributed by atoms with Crippen molar-refractivity contribution in [1.82, 2.24) is 4.98 Å². The predicted octanol–water partition coefficient (Wildman–Crippen LogP) is 1.22. The Bertz CT molecular complexity index is 284. The van der Waals surface area contributed by atoms with Crippen LogP contribution in [0.2, 0.25) is 0 Å². The summed E-state index contributed by atoms with van der Waals surface area (Å²) in [6.45, 7) is 1.98. The number of carbonyl (C=O) groups is 1. The van der Waals surface area contributed by atoms with Crippen molar-refractivity contribution in [1.29, 1.82) is 0 Å². The number of Topliss-reactive ketones (excluding diaryl/α,β-unsaturated/α-hetero) is 1. The Kier molecular flexibility index (Phi) is 2.94. The van der Waals surface area contributed by atoms with Crippen LogP contribution in [0.4, 0.5) is 0 Å². The highest BCUT2D eigenvalue weighted by molar-refractivity contribution is 5.97. The molecule has 3 heteroatoms. The maximum Gasteiger partial charge on any atom is 0.188 e. The van der Waals surface area contributed by atoms with Crippen LogP contribution in [0.25, 0.3) is 0 Å². The standard InChI is InChI=1S/C9H11NO2/c1-7-5-8(3-4-10-7)9(11)6-12-2/h3-5H,6H2,1-2H3. The second-order valence-electron chi connectivity index (χ2n) is 2.54. The van der Waals surface area contributed by atoms with Gasteiger partial charge in [0.1, 0.15) is 6.61 Å². The molecule has 0 unspecified atom stereocenters. The van der Waals surface area contributed by atoms with Crippen molar-refractivity contribution >= 4 is 5.78 Å². The van der Waals surface area contributed by atoms with E-state index >= 15 is 0 Å². The summed E-state index contributed by atoms with van der Waals surface area (Å²) < 4.78 is 4.73. The molecule has 0 saturated carbocycles. The van der Waals surface area contributed by atoms with Gasteiger partial charge in [-0.3, -0.25) is 9.78 Å². The van der Waals surface area contributed by atoms with Gasteiger partial charge in [-0.2, -0.15) is 0 Å². The molecule has 3 nitrogen and oxygen atoms in total. The largest absolute Gasteiger partial charge is 0.377 e. The van der Waals surface area contributed by atoms with E-state index in [1.54, 1.807) is 18.3 Å². The third kappa shape index (κ3) is 2.13. The van der Waals surface area contributed by atoms with Gasteiger partial charge < -0.3 is 4.74 Å². The zero-order chi connectivity index (χ0) is 8.97. The minimum atomic E-state index is -0.0111. The molecule has 0 saturated heterocycles. The van der Waals surface area contributed by atoms with Crippen molar-refractivity contribution in [2.75, 3.05) is 13.7 Å². The molecule has 0 radical (unpaired) electrons. The molecule has 0 aliphatic heterocycles. The van der Waals surface area contributed by atoms with E-state index in [4.69, 9.17) is 4.74 Å². The first-order valence-corrected chi connectivity index (χ1v) is 3.69. The molecular weight excluding hydrogens is 154 g/mol. The monoisotopic (exact) mass is 165 g/mol. The van der Waals surface area contributed by atoms with Crippen LogP contribution in [-0.2, 0) is 4.74 Å². The highest BCUT2D eigenvalue weighted by atomic mass is 16.5. The Labute approximate surface area is 71.4 Å². The normalized spacial score (nSPS) is 9.83. The lowest BCUT2D eigenvalue weighted by molar-refractivity contribution is 0.0848. The van der Waals surface area contributed by atoms with Crippen LogP contribution in [0.1, 0.15) is 16.1 Å². The van der Waals surface area contributed by atoms with Crippen molar-refractivity contribution in [2.45, 2.75) is 6.92 Å². The van der Waals surface area contributed by atoms with Crippen LogP contribution in [0.15, 0.2) is 18.3 Å². The van der Waals surface area contributed by atoms with Crippen LogP contribution in [0.3, 0.4) is 0 Å². The van der Waals surface area contributed by atoms with Crippen molar-refractivity contribution in [3.05, 3.63) is 29.6 Å². The molecule has 0 atom stereocenters. The molecule has 1 heterocycles. The quantitative estimate of drug-likeness (QED) is 0.632. The molecule has 0 aliphatic carbocycles. The molecule has 0 fully saturated rings. The average molecular weight is 165 g/mol. The van der Waals surface area contributed by atoms with Gasteiger partial charge in [0.05, 0.1) is 0 Å². The summed E-state index contributed by atoms with van der Waals surface area (Å²) in [4.78, 5) is 15.2. The first-order chi connectivity index (χ1) is 5.74. The molecule has 1 aromatic heterocycles. The molecule has 1 aromatic rings. The number of ether oxygens (including phenoxy) is 1. The highest BCUT2D eigenvalue weighted by Crippen LogP contribution is 2.01. The first-order valence-electron chi connectivity index (χ1n) is 3.69. The fourth-order valence-electron chi connectivity index (χ4n) is 0.933. The van der Waals surface area contributed by atoms with Gasteiger partial charge in [-0.15, -0.1) is 0 Å². The van der Waals surface area contributed by atoms with E-state index in [-0.39, 0.29) is 12.4 Å². The van der Waals surface area contributed by atoms with Gasteiger partial charge in [0, 0.05) is 24.6 Å². The molecule has 0 N–H and O–H groups in total. The van der Waals surface area contributed by atoms with E-state index in [1.807, 2.05) is 6.92 Å². The lowest BCUT2D eigenvalue weighted by Crippen LogP contribution is -2.07. The van der Waals surface area contributed by atoms with Crippen LogP contribution >= 0.6 is 0 Å². The first kappa shape index (κ1) is 8.87. The number of methoxy groups -OCH3 is 1. The van der Waals surface area contributed by atoms with Crippen molar-refractivity contribution < 1.29 is 9.53 Å². The molecule has 0 amide bonds. The van der Waals surface area contributed by atoms with Gasteiger partial charge >= 0.3 is 0 Å². The maximum absolute atomic E-state index is 11.2. The second kappa shape index (κ2) is 3.97. The third-order valence-corrected chi connectivity index (χ3v) is 1.49. The van der Waals surface area contributed by atoms with Gasteiger partial charge in [0.2, 0.25) is 0 Å². The number of nitrogens with zero attached hydrogens (tertiary/aromatic N) is 1. The van der Waals surface area contributed by atoms with Crippen LogP contribution in [0.5, 0.6) is 0 Å². The van der Waals surface area contributed by atoms with E-state index < -0.39 is 0 Å². The zero-order valence-electron chi connectivity index (χ0n) is 7.20. The summed E-state index contributed by atoms with van der Waals surface area (Å²) in [5.41, 5.74) is 1.50. The number of aromatic nitrogens is 1. The van der Waals surface area contributed by atoms with Crippen molar-refractivity contribution in [2.24, 2.45) is 0 Å². The Hall–Kier alpha value is -1.22. The van der Waals surface area contributed by atoms with Gasteiger partial charge in [0.15, 0.2) is 5.78 Å². The summed E-state index contributed by atoms with van der Waals surface area (Å²) in [6.07, 6.45) is 1.62. The number of hydrogen-bond donors (Lipinski definition) is 0. The Balaban J connectivity index is 2.81. The molecule has 0 spiro atoms. The van der Waals surface area contributed by atoms with Gasteiger partial charge in [0.25, 0.3) is 0 Å². The molecule has 0 aromatic carbocycles. The molecule has 1 rings (SSSR count). The summed E-state index contributed by atoms with van der Waals surface area (Å²) in [5, 5.41) is 0. The second-order valence-corrected chi connectivity index (χ2v) is 2.54. The lowest BCUT2D eigenvalue weighted by atomic mass is 10.1. The fourth-order valence-corrected chi connectivity index (χ4v) is 0.933. The van der Waals surface area contributed by atoms with E-state index in [0.29, 0.717) is 5.56 Å². The Morgan fingerprint density at radius 1 is 1.67 bits per heavy atom. The number of rotatable bonds is 3. The zero-order valence-corrected chi connectivity index (χ0v) is 7.20.